The van der Waals surface area contributed by atoms with Crippen LogP contribution in [0.1, 0.15) is 71.0 Å². The molecule has 1 heterocycles. The lowest BCUT2D eigenvalue weighted by atomic mass is 9.96. The molecule has 1 aliphatic heterocycles. The Balaban J connectivity index is 1.02. The zero-order valence-corrected chi connectivity index (χ0v) is 18.1. The average Bonchev–Trinajstić information content (AvgIpc) is 3.70. The van der Waals surface area contributed by atoms with Crippen LogP contribution >= 0.6 is 0 Å². The van der Waals surface area contributed by atoms with Crippen molar-refractivity contribution in [3.05, 3.63) is 70.8 Å². The summed E-state index contributed by atoms with van der Waals surface area (Å²) in [5.41, 5.74) is 4.56. The molecule has 2 aliphatic carbocycles. The van der Waals surface area contributed by atoms with E-state index in [2.05, 4.69) is 35.4 Å². The third-order valence-corrected chi connectivity index (χ3v) is 7.23. The van der Waals surface area contributed by atoms with Gasteiger partial charge < -0.3 is 5.11 Å². The highest BCUT2D eigenvalue weighted by Crippen LogP contribution is 2.47. The van der Waals surface area contributed by atoms with Gasteiger partial charge in [-0.2, -0.15) is 0 Å². The minimum absolute atomic E-state index is 0.355. The van der Waals surface area contributed by atoms with Crippen LogP contribution in [0.4, 0.5) is 0 Å². The first-order valence-corrected chi connectivity index (χ1v) is 11.8. The van der Waals surface area contributed by atoms with Gasteiger partial charge in [0.25, 0.3) is 0 Å². The van der Waals surface area contributed by atoms with E-state index in [1.54, 1.807) is 12.1 Å². The summed E-state index contributed by atoms with van der Waals surface area (Å²) in [6.07, 6.45) is 8.62. The number of benzene rings is 2. The summed E-state index contributed by atoms with van der Waals surface area (Å²) in [5, 5.41) is 9.02. The van der Waals surface area contributed by atoms with Crippen molar-refractivity contribution in [3.8, 4) is 0 Å². The third-order valence-electron chi connectivity index (χ3n) is 7.23. The molecule has 31 heavy (non-hydrogen) atoms. The lowest BCUT2D eigenvalue weighted by Gasteiger charge is -2.31. The molecule has 0 aromatic heterocycles. The van der Waals surface area contributed by atoms with Gasteiger partial charge in [0.2, 0.25) is 0 Å². The summed E-state index contributed by atoms with van der Waals surface area (Å²) in [6.45, 7) is 4.06. The van der Waals surface area contributed by atoms with Crippen LogP contribution in [0, 0.1) is 11.8 Å². The Morgan fingerprint density at radius 1 is 0.968 bits per heavy atom. The molecule has 2 aromatic carbocycles. The molecule has 2 saturated carbocycles. The van der Waals surface area contributed by atoms with Crippen molar-refractivity contribution < 1.29 is 9.90 Å². The normalized spacial score (nSPS) is 24.5. The van der Waals surface area contributed by atoms with Crippen LogP contribution in [0.5, 0.6) is 0 Å². The predicted molar refractivity (Wildman–Crippen MR) is 124 cm³/mol. The summed E-state index contributed by atoms with van der Waals surface area (Å²) < 4.78 is 0. The van der Waals surface area contributed by atoms with E-state index in [1.165, 1.54) is 48.8 Å². The highest BCUT2D eigenvalue weighted by Gasteiger charge is 2.37. The predicted octanol–water partition coefficient (Wildman–Crippen LogP) is 5.35. The second kappa shape index (κ2) is 8.96. The van der Waals surface area contributed by atoms with E-state index < -0.39 is 5.97 Å². The molecule has 0 amide bonds. The highest BCUT2D eigenvalue weighted by atomic mass is 16.4. The van der Waals surface area contributed by atoms with E-state index in [0.29, 0.717) is 23.3 Å². The van der Waals surface area contributed by atoms with Gasteiger partial charge in [-0.1, -0.05) is 36.4 Å². The van der Waals surface area contributed by atoms with Crippen molar-refractivity contribution in [2.75, 3.05) is 19.6 Å². The van der Waals surface area contributed by atoms with E-state index in [4.69, 9.17) is 10.1 Å². The van der Waals surface area contributed by atoms with Gasteiger partial charge in [-0.25, -0.2) is 4.79 Å². The molecule has 162 valence electrons. The smallest absolute Gasteiger partial charge is 0.335 e. The van der Waals surface area contributed by atoms with E-state index >= 15 is 0 Å². The third kappa shape index (κ3) is 5.24. The molecule has 0 radical (unpaired) electrons. The molecule has 2 aromatic rings. The van der Waals surface area contributed by atoms with Gasteiger partial charge >= 0.3 is 5.97 Å². The second-order valence-electron chi connectivity index (χ2n) is 9.68. The molecule has 3 fully saturated rings. The van der Waals surface area contributed by atoms with E-state index in [-0.39, 0.29) is 0 Å². The molecule has 0 spiro atoms. The van der Waals surface area contributed by atoms with E-state index in [1.807, 2.05) is 12.1 Å². The van der Waals surface area contributed by atoms with Crippen LogP contribution < -0.4 is 0 Å². The maximum absolute atomic E-state index is 11.0. The Hall–Kier alpha value is -2.46. The minimum atomic E-state index is -0.864. The number of rotatable bonds is 8. The van der Waals surface area contributed by atoms with Gasteiger partial charge in [0.05, 0.1) is 5.56 Å². The molecule has 0 bridgehead atoms. The summed E-state index contributed by atoms with van der Waals surface area (Å²) in [6, 6.07) is 16.6. The van der Waals surface area contributed by atoms with Crippen LogP contribution in [0.3, 0.4) is 0 Å². The first kappa shape index (κ1) is 20.4. The fourth-order valence-electron chi connectivity index (χ4n) is 4.88. The average molecular weight is 417 g/mol. The standard InChI is InChI=1S/C27H32N2O2/c30-27(31)24-3-1-20(2-4-24)18-29-13-11-19(12-14-29)16-28-17-25-15-26(25)23-9-7-22(8-10-23)21-5-6-21/h1-4,7-10,17,19,21,25-26H,5-6,11-16,18H2,(H,30,31). The maximum atomic E-state index is 11.0. The van der Waals surface area contributed by atoms with Gasteiger partial charge in [-0.05, 0) is 91.8 Å². The van der Waals surface area contributed by atoms with Crippen molar-refractivity contribution in [1.29, 1.82) is 0 Å². The Labute approximate surface area is 185 Å². The van der Waals surface area contributed by atoms with Crippen molar-refractivity contribution in [2.24, 2.45) is 16.8 Å². The van der Waals surface area contributed by atoms with Crippen molar-refractivity contribution >= 4 is 12.2 Å². The topological polar surface area (TPSA) is 52.9 Å². The van der Waals surface area contributed by atoms with Gasteiger partial charge in [-0.3, -0.25) is 9.89 Å². The maximum Gasteiger partial charge on any atom is 0.335 e. The molecule has 1 saturated heterocycles. The van der Waals surface area contributed by atoms with Crippen LogP contribution in [0.15, 0.2) is 53.5 Å². The molecule has 4 nitrogen and oxygen atoms in total. The van der Waals surface area contributed by atoms with Crippen LogP contribution in [-0.2, 0) is 6.54 Å². The molecule has 5 rings (SSSR count). The largest absolute Gasteiger partial charge is 0.478 e. The van der Waals surface area contributed by atoms with Gasteiger partial charge in [0.1, 0.15) is 0 Å². The van der Waals surface area contributed by atoms with Gasteiger partial charge in [0, 0.05) is 25.2 Å². The fourth-order valence-corrected chi connectivity index (χ4v) is 4.88. The fraction of sp³-hybridized carbons (Fsp3) is 0.481. The molecular weight excluding hydrogens is 384 g/mol. The first-order valence-electron chi connectivity index (χ1n) is 11.8. The van der Waals surface area contributed by atoms with E-state index in [9.17, 15) is 4.79 Å². The highest BCUT2D eigenvalue weighted by molar-refractivity contribution is 5.87. The number of hydrogen-bond donors (Lipinski definition) is 1. The molecule has 4 heteroatoms. The molecule has 2 atom stereocenters. The second-order valence-corrected chi connectivity index (χ2v) is 9.68. The van der Waals surface area contributed by atoms with Crippen LogP contribution in [0.25, 0.3) is 0 Å². The molecule has 3 aliphatic rings. The lowest BCUT2D eigenvalue weighted by molar-refractivity contribution is 0.0697. The van der Waals surface area contributed by atoms with Crippen molar-refractivity contribution in [3.63, 3.8) is 0 Å². The lowest BCUT2D eigenvalue weighted by Crippen LogP contribution is -2.34. The van der Waals surface area contributed by atoms with Crippen molar-refractivity contribution in [2.45, 2.75) is 50.5 Å². The molecule has 2 unspecified atom stereocenters. The Morgan fingerprint density at radius 3 is 2.29 bits per heavy atom. The zero-order chi connectivity index (χ0) is 21.2. The number of carboxylic acids is 1. The number of aromatic carboxylic acids is 1. The number of likely N-dealkylation sites (tertiary alicyclic amines) is 1. The monoisotopic (exact) mass is 416 g/mol. The van der Waals surface area contributed by atoms with Crippen LogP contribution in [-0.4, -0.2) is 41.8 Å². The Bertz CT molecular complexity index is 923. The summed E-state index contributed by atoms with van der Waals surface area (Å²) in [7, 11) is 0. The summed E-state index contributed by atoms with van der Waals surface area (Å²) in [4.78, 5) is 18.3. The SMILES string of the molecule is O=C(O)c1ccc(CN2CCC(CN=CC3CC3c3ccc(C4CC4)cc3)CC2)cc1. The molecule has 1 N–H and O–H groups in total. The Morgan fingerprint density at radius 2 is 1.65 bits per heavy atom. The summed E-state index contributed by atoms with van der Waals surface area (Å²) >= 11 is 0. The van der Waals surface area contributed by atoms with Crippen molar-refractivity contribution in [1.82, 2.24) is 4.90 Å². The first-order chi connectivity index (χ1) is 15.2. The minimum Gasteiger partial charge on any atom is -0.478 e. The number of aliphatic imine (C=N–C) groups is 1. The number of piperidine rings is 1. The number of nitrogens with zero attached hydrogens (tertiary/aromatic N) is 2. The number of carboxylic acid groups (broad SMARTS) is 1. The Kier molecular flexibility index (Phi) is 5.91. The van der Waals surface area contributed by atoms with Gasteiger partial charge in [0.15, 0.2) is 0 Å². The van der Waals surface area contributed by atoms with Gasteiger partial charge in [-0.15, -0.1) is 0 Å². The number of carbonyl (C=O) groups is 1. The van der Waals surface area contributed by atoms with Crippen LogP contribution in [0.2, 0.25) is 0 Å². The quantitative estimate of drug-likeness (QED) is 0.590. The zero-order valence-electron chi connectivity index (χ0n) is 18.1. The van der Waals surface area contributed by atoms with E-state index in [0.717, 1.165) is 32.1 Å². The molecular formula is C27H32N2O2. The number of hydrogen-bond acceptors (Lipinski definition) is 3. The summed E-state index contributed by atoms with van der Waals surface area (Å²) in [5.74, 6) is 2.00.